The van der Waals surface area contributed by atoms with Crippen molar-refractivity contribution in [3.8, 4) is 6.07 Å². The third-order valence-electron chi connectivity index (χ3n) is 1.01. The number of nitrogens with zero attached hydrogens (tertiary/aromatic N) is 1. The molecule has 0 aliphatic heterocycles. The third-order valence-corrected chi connectivity index (χ3v) is 1.01. The van der Waals surface area contributed by atoms with Crippen molar-refractivity contribution in [2.45, 2.75) is 20.3 Å². The Kier molecular flexibility index (Phi) is 4.23. The van der Waals surface area contributed by atoms with E-state index in [4.69, 9.17) is 5.26 Å². The van der Waals surface area contributed by atoms with E-state index in [2.05, 4.69) is 0 Å². The van der Waals surface area contributed by atoms with Gasteiger partial charge in [-0.3, -0.25) is 0 Å². The van der Waals surface area contributed by atoms with Crippen LogP contribution in [0.3, 0.4) is 0 Å². The molecule has 0 aromatic heterocycles. The Bertz CT molecular complexity index is 192. The van der Waals surface area contributed by atoms with Crippen LogP contribution in [0, 0.1) is 11.3 Å². The highest BCUT2D eigenvalue weighted by Crippen LogP contribution is 2.05. The summed E-state index contributed by atoms with van der Waals surface area (Å²) in [6.45, 7) is 3.21. The average molecular weight is 139 g/mol. The molecule has 0 radical (unpaired) electrons. The lowest BCUT2D eigenvalue weighted by atomic mass is 10.2. The highest BCUT2D eigenvalue weighted by Gasteiger charge is 1.93. The Balaban J connectivity index is 4.29. The molecule has 10 heavy (non-hydrogen) atoms. The molecule has 2 heteroatoms. The van der Waals surface area contributed by atoms with Crippen LogP contribution in [0.2, 0.25) is 0 Å². The molecule has 0 saturated heterocycles. The first kappa shape index (κ1) is 8.90. The Morgan fingerprint density at radius 3 is 2.60 bits per heavy atom. The van der Waals surface area contributed by atoms with Gasteiger partial charge in [0.2, 0.25) is 0 Å². The standard InChI is InChI=1S/C8H10FN/c1-3-4-5-8(6-10)7(2)9/h4-5H,3H2,1-2H3/b5-4-,8-7-. The molecule has 0 saturated carbocycles. The van der Waals surface area contributed by atoms with Crippen LogP contribution in [0.15, 0.2) is 23.6 Å². The van der Waals surface area contributed by atoms with Gasteiger partial charge < -0.3 is 0 Å². The maximum absolute atomic E-state index is 12.3. The summed E-state index contributed by atoms with van der Waals surface area (Å²) >= 11 is 0. The van der Waals surface area contributed by atoms with Crippen molar-refractivity contribution in [1.82, 2.24) is 0 Å². The lowest BCUT2D eigenvalue weighted by molar-refractivity contribution is 0.635. The van der Waals surface area contributed by atoms with Gasteiger partial charge in [0.25, 0.3) is 0 Å². The molecule has 0 rings (SSSR count). The molecule has 0 atom stereocenters. The molecule has 54 valence electrons. The zero-order valence-corrected chi connectivity index (χ0v) is 6.19. The fourth-order valence-electron chi connectivity index (χ4n) is 0.465. The molecule has 0 aromatic carbocycles. The molecule has 1 nitrogen and oxygen atoms in total. The molecule has 0 fully saturated rings. The van der Waals surface area contributed by atoms with Crippen LogP contribution in [-0.2, 0) is 0 Å². The van der Waals surface area contributed by atoms with E-state index in [0.717, 1.165) is 6.42 Å². The van der Waals surface area contributed by atoms with Crippen LogP contribution in [0.25, 0.3) is 0 Å². The fourth-order valence-corrected chi connectivity index (χ4v) is 0.465. The molecular weight excluding hydrogens is 129 g/mol. The summed E-state index contributed by atoms with van der Waals surface area (Å²) in [6.07, 6.45) is 4.06. The predicted octanol–water partition coefficient (Wildman–Crippen LogP) is 2.72. The zero-order chi connectivity index (χ0) is 7.98. The minimum atomic E-state index is -0.424. The first-order valence-corrected chi connectivity index (χ1v) is 3.15. The zero-order valence-electron chi connectivity index (χ0n) is 6.19. The lowest BCUT2D eigenvalue weighted by Crippen LogP contribution is -1.73. The molecule has 0 unspecified atom stereocenters. The largest absolute Gasteiger partial charge is 0.211 e. The molecule has 0 aliphatic rings. The molecule has 0 aliphatic carbocycles. The summed E-state index contributed by atoms with van der Waals surface area (Å²) in [5.74, 6) is -0.424. The Hall–Kier alpha value is -1.10. The maximum Gasteiger partial charge on any atom is 0.115 e. The molecule has 0 N–H and O–H groups in total. The summed E-state index contributed by atoms with van der Waals surface area (Å²) in [6, 6.07) is 1.75. The molecular formula is C8H10FN. The first-order valence-electron chi connectivity index (χ1n) is 3.15. The van der Waals surface area contributed by atoms with Crippen LogP contribution >= 0.6 is 0 Å². The second-order valence-electron chi connectivity index (χ2n) is 1.87. The van der Waals surface area contributed by atoms with Crippen LogP contribution < -0.4 is 0 Å². The molecule has 0 aromatic rings. The predicted molar refractivity (Wildman–Crippen MR) is 38.9 cm³/mol. The Morgan fingerprint density at radius 2 is 2.30 bits per heavy atom. The van der Waals surface area contributed by atoms with Gasteiger partial charge in [-0.1, -0.05) is 13.0 Å². The first-order chi connectivity index (χ1) is 4.72. The third kappa shape index (κ3) is 3.03. The van der Waals surface area contributed by atoms with Crippen LogP contribution in [0.4, 0.5) is 4.39 Å². The van der Waals surface area contributed by atoms with Crippen molar-refractivity contribution in [3.05, 3.63) is 23.6 Å². The van der Waals surface area contributed by atoms with E-state index in [1.54, 1.807) is 12.1 Å². The minimum absolute atomic E-state index is 0.113. The second kappa shape index (κ2) is 4.75. The quantitative estimate of drug-likeness (QED) is 0.426. The summed E-state index contributed by atoms with van der Waals surface area (Å²) in [7, 11) is 0. The van der Waals surface area contributed by atoms with Crippen molar-refractivity contribution >= 4 is 0 Å². The Morgan fingerprint density at radius 1 is 1.70 bits per heavy atom. The van der Waals surface area contributed by atoms with Gasteiger partial charge in [-0.05, 0) is 19.4 Å². The fraction of sp³-hybridized carbons (Fsp3) is 0.375. The van der Waals surface area contributed by atoms with E-state index in [0.29, 0.717) is 0 Å². The molecule has 0 bridgehead atoms. The van der Waals surface area contributed by atoms with Crippen LogP contribution in [0.5, 0.6) is 0 Å². The van der Waals surface area contributed by atoms with Gasteiger partial charge in [0, 0.05) is 0 Å². The molecule has 0 heterocycles. The summed E-state index contributed by atoms with van der Waals surface area (Å²) in [4.78, 5) is 0. The van der Waals surface area contributed by atoms with Crippen molar-refractivity contribution in [1.29, 1.82) is 5.26 Å². The van der Waals surface area contributed by atoms with Crippen molar-refractivity contribution in [2.75, 3.05) is 0 Å². The van der Waals surface area contributed by atoms with Gasteiger partial charge >= 0.3 is 0 Å². The number of hydrogen-bond acceptors (Lipinski definition) is 1. The van der Waals surface area contributed by atoms with Gasteiger partial charge in [-0.25, -0.2) is 4.39 Å². The van der Waals surface area contributed by atoms with Gasteiger partial charge in [0.1, 0.15) is 11.9 Å². The number of rotatable bonds is 2. The monoisotopic (exact) mass is 139 g/mol. The van der Waals surface area contributed by atoms with Crippen molar-refractivity contribution in [2.24, 2.45) is 0 Å². The number of allylic oxidation sites excluding steroid dienone is 4. The topological polar surface area (TPSA) is 23.8 Å². The highest BCUT2D eigenvalue weighted by molar-refractivity contribution is 5.34. The number of halogens is 1. The SMILES string of the molecule is CC/C=C\C(C#N)=C(/C)F. The van der Waals surface area contributed by atoms with Gasteiger partial charge in [0.05, 0.1) is 5.57 Å². The molecule has 0 spiro atoms. The van der Waals surface area contributed by atoms with Gasteiger partial charge in [-0.15, -0.1) is 0 Å². The van der Waals surface area contributed by atoms with E-state index in [1.807, 2.05) is 6.92 Å². The summed E-state index contributed by atoms with van der Waals surface area (Å²) in [5, 5.41) is 8.32. The van der Waals surface area contributed by atoms with Crippen LogP contribution in [-0.4, -0.2) is 0 Å². The Labute approximate surface area is 60.5 Å². The minimum Gasteiger partial charge on any atom is -0.211 e. The summed E-state index contributed by atoms with van der Waals surface area (Å²) < 4.78 is 12.3. The number of hydrogen-bond donors (Lipinski definition) is 0. The van der Waals surface area contributed by atoms with Crippen molar-refractivity contribution < 1.29 is 4.39 Å². The van der Waals surface area contributed by atoms with Crippen molar-refractivity contribution in [3.63, 3.8) is 0 Å². The van der Waals surface area contributed by atoms with Gasteiger partial charge in [0.15, 0.2) is 0 Å². The van der Waals surface area contributed by atoms with E-state index in [1.165, 1.54) is 13.0 Å². The van der Waals surface area contributed by atoms with Gasteiger partial charge in [-0.2, -0.15) is 5.26 Å². The second-order valence-corrected chi connectivity index (χ2v) is 1.87. The van der Waals surface area contributed by atoms with E-state index >= 15 is 0 Å². The normalized spacial score (nSPS) is 13.0. The summed E-state index contributed by atoms with van der Waals surface area (Å²) in [5.41, 5.74) is 0.113. The average Bonchev–Trinajstić information content (AvgIpc) is 1.89. The highest BCUT2D eigenvalue weighted by atomic mass is 19.1. The van der Waals surface area contributed by atoms with E-state index in [-0.39, 0.29) is 5.57 Å². The smallest absolute Gasteiger partial charge is 0.115 e. The maximum atomic E-state index is 12.3. The van der Waals surface area contributed by atoms with Crippen LogP contribution in [0.1, 0.15) is 20.3 Å². The molecule has 0 amide bonds. The van der Waals surface area contributed by atoms with E-state index in [9.17, 15) is 4.39 Å². The van der Waals surface area contributed by atoms with E-state index < -0.39 is 5.83 Å². The number of nitriles is 1. The lowest BCUT2D eigenvalue weighted by Gasteiger charge is -1.86.